The lowest BCUT2D eigenvalue weighted by Gasteiger charge is -2.43. The molecule has 7 unspecified atom stereocenters. The fraction of sp³-hybridized carbons (Fsp3) is 0.320. The number of halogens is 2. The Bertz CT molecular complexity index is 1400. The Morgan fingerprint density at radius 2 is 1.53 bits per heavy atom. The van der Waals surface area contributed by atoms with Crippen LogP contribution >= 0.6 is 58.5 Å². The van der Waals surface area contributed by atoms with E-state index in [2.05, 4.69) is 17.1 Å². The number of amides is 2. The van der Waals surface area contributed by atoms with E-state index in [0.717, 1.165) is 15.4 Å². The molecule has 2 aliphatic heterocycles. The number of nitrogens with zero attached hydrogens (tertiary/aromatic N) is 1. The van der Waals surface area contributed by atoms with Gasteiger partial charge in [0.15, 0.2) is 3.95 Å². The summed E-state index contributed by atoms with van der Waals surface area (Å²) >= 11 is 21.2. The van der Waals surface area contributed by atoms with Gasteiger partial charge in [0, 0.05) is 26.1 Å². The Labute approximate surface area is 219 Å². The molecule has 7 rings (SSSR count). The highest BCUT2D eigenvalue weighted by atomic mass is 35.5. The number of hydrogen-bond donors (Lipinski definition) is 1. The molecule has 9 heteroatoms. The minimum absolute atomic E-state index is 0.0593. The maximum absolute atomic E-state index is 13.7. The van der Waals surface area contributed by atoms with Crippen molar-refractivity contribution in [2.45, 2.75) is 22.6 Å². The fourth-order valence-electron chi connectivity index (χ4n) is 6.90. The van der Waals surface area contributed by atoms with Crippen molar-refractivity contribution in [2.24, 2.45) is 29.6 Å². The number of carbonyl (C=O) groups is 2. The molecule has 34 heavy (non-hydrogen) atoms. The summed E-state index contributed by atoms with van der Waals surface area (Å²) in [6.45, 7) is 0. The van der Waals surface area contributed by atoms with Crippen molar-refractivity contribution in [3.05, 3.63) is 73.0 Å². The van der Waals surface area contributed by atoms with Crippen LogP contribution in [0.3, 0.4) is 0 Å². The molecule has 3 heterocycles. The van der Waals surface area contributed by atoms with Gasteiger partial charge in [0.2, 0.25) is 11.8 Å². The number of benzene rings is 2. The number of anilines is 1. The predicted molar refractivity (Wildman–Crippen MR) is 138 cm³/mol. The Morgan fingerprint density at radius 3 is 2.21 bits per heavy atom. The third-order valence-electron chi connectivity index (χ3n) is 8.04. The summed E-state index contributed by atoms with van der Waals surface area (Å²) in [5.41, 5.74) is 1.81. The average molecular weight is 546 g/mol. The van der Waals surface area contributed by atoms with Crippen LogP contribution in [0.1, 0.15) is 22.8 Å². The first-order valence-corrected chi connectivity index (χ1v) is 14.1. The number of carbonyl (C=O) groups excluding carboxylic acids is 2. The molecule has 4 nitrogen and oxygen atoms in total. The molecule has 0 radical (unpaired) electrons. The van der Waals surface area contributed by atoms with Crippen LogP contribution in [0, 0.1) is 33.5 Å². The number of thioether (sulfide) groups is 1. The highest BCUT2D eigenvalue weighted by Crippen LogP contribution is 2.69. The first-order chi connectivity index (χ1) is 16.4. The average Bonchev–Trinajstić information content (AvgIpc) is 3.54. The van der Waals surface area contributed by atoms with Crippen LogP contribution in [-0.4, -0.2) is 22.0 Å². The number of nitrogens with one attached hydrogen (secondary N) is 1. The van der Waals surface area contributed by atoms with E-state index in [0.29, 0.717) is 15.7 Å². The quantitative estimate of drug-likeness (QED) is 0.285. The van der Waals surface area contributed by atoms with Gasteiger partial charge in [-0.05, 0) is 78.4 Å². The summed E-state index contributed by atoms with van der Waals surface area (Å²) in [5.74, 6) is 0.100. The Morgan fingerprint density at radius 1 is 0.912 bits per heavy atom. The van der Waals surface area contributed by atoms with Crippen LogP contribution in [-0.2, 0) is 9.59 Å². The lowest BCUT2D eigenvalue weighted by molar-refractivity contribution is -0.123. The maximum atomic E-state index is 13.7. The molecular weight excluding hydrogens is 527 g/mol. The smallest absolute Gasteiger partial charge is 0.238 e. The van der Waals surface area contributed by atoms with Crippen molar-refractivity contribution in [1.82, 2.24) is 4.98 Å². The first kappa shape index (κ1) is 21.6. The van der Waals surface area contributed by atoms with Gasteiger partial charge >= 0.3 is 0 Å². The van der Waals surface area contributed by atoms with Crippen molar-refractivity contribution in [1.29, 1.82) is 0 Å². The van der Waals surface area contributed by atoms with Crippen molar-refractivity contribution >= 4 is 76.0 Å². The van der Waals surface area contributed by atoms with Gasteiger partial charge in [-0.25, -0.2) is 0 Å². The van der Waals surface area contributed by atoms with E-state index in [1.807, 2.05) is 23.9 Å². The van der Waals surface area contributed by atoms with E-state index < -0.39 is 0 Å². The van der Waals surface area contributed by atoms with Crippen molar-refractivity contribution in [2.75, 3.05) is 4.90 Å². The minimum atomic E-state index is -0.265. The van der Waals surface area contributed by atoms with E-state index in [4.69, 9.17) is 35.4 Å². The zero-order valence-corrected chi connectivity index (χ0v) is 21.6. The number of thiazole rings is 1. The van der Waals surface area contributed by atoms with Gasteiger partial charge < -0.3 is 4.98 Å². The Balaban J connectivity index is 1.32. The minimum Gasteiger partial charge on any atom is -0.332 e. The van der Waals surface area contributed by atoms with E-state index in [9.17, 15) is 9.59 Å². The number of hydrogen-bond acceptors (Lipinski definition) is 5. The second kappa shape index (κ2) is 7.68. The molecule has 3 aromatic rings. The molecule has 172 valence electrons. The summed E-state index contributed by atoms with van der Waals surface area (Å²) in [7, 11) is 0. The summed E-state index contributed by atoms with van der Waals surface area (Å²) in [6.07, 6.45) is 0.920. The van der Waals surface area contributed by atoms with E-state index in [1.165, 1.54) is 15.3 Å². The second-order valence-electron chi connectivity index (χ2n) is 9.50. The highest BCUT2D eigenvalue weighted by molar-refractivity contribution is 8.00. The number of rotatable bonds is 2. The van der Waals surface area contributed by atoms with Crippen molar-refractivity contribution in [3.8, 4) is 0 Å². The topological polar surface area (TPSA) is 53.2 Å². The number of aromatic nitrogens is 1. The molecule has 2 bridgehead atoms. The molecule has 2 aromatic carbocycles. The predicted octanol–water partition coefficient (Wildman–Crippen LogP) is 6.79. The molecule has 1 saturated heterocycles. The van der Waals surface area contributed by atoms with E-state index in [-0.39, 0.29) is 52.6 Å². The van der Waals surface area contributed by atoms with Crippen LogP contribution in [0.2, 0.25) is 10.0 Å². The van der Waals surface area contributed by atoms with Gasteiger partial charge in [-0.1, -0.05) is 35.3 Å². The molecule has 2 amide bonds. The number of imide groups is 1. The number of H-pyrrole nitrogens is 1. The van der Waals surface area contributed by atoms with Crippen LogP contribution in [0.4, 0.5) is 5.69 Å². The molecule has 7 atom stereocenters. The monoisotopic (exact) mass is 544 g/mol. The number of fused-ring (bicyclic) bond motifs is 9. The Hall–Kier alpha value is -1.64. The molecule has 3 fully saturated rings. The fourth-order valence-corrected chi connectivity index (χ4v) is 10.5. The normalized spacial score (nSPS) is 33.2. The molecule has 2 saturated carbocycles. The first-order valence-electron chi connectivity index (χ1n) is 11.2. The molecule has 0 spiro atoms. The third-order valence-corrected chi connectivity index (χ3v) is 11.5. The van der Waals surface area contributed by atoms with Gasteiger partial charge in [-0.3, -0.25) is 14.5 Å². The van der Waals surface area contributed by atoms with E-state index in [1.54, 1.807) is 35.6 Å². The van der Waals surface area contributed by atoms with Gasteiger partial charge in [0.1, 0.15) is 0 Å². The third kappa shape index (κ3) is 2.94. The van der Waals surface area contributed by atoms with Gasteiger partial charge in [0.05, 0.1) is 22.5 Å². The molecule has 2 aliphatic carbocycles. The van der Waals surface area contributed by atoms with Crippen molar-refractivity contribution in [3.63, 3.8) is 0 Å². The SMILES string of the molecule is O=C1C2C3CC(C2C(=O)N1c1ccc(Cl)cc1)C1C(c2ccc(Cl)cc2)c2sc(=S)[nH]c2SC31. The second-order valence-corrected chi connectivity index (χ2v) is 13.3. The lowest BCUT2D eigenvalue weighted by Crippen LogP contribution is -2.42. The molecular formula is C25H18Cl2N2O2S3. The highest BCUT2D eigenvalue weighted by Gasteiger charge is 2.69. The summed E-state index contributed by atoms with van der Waals surface area (Å²) in [6, 6.07) is 15.0. The Kier molecular flexibility index (Phi) is 4.88. The lowest BCUT2D eigenvalue weighted by atomic mass is 9.68. The van der Waals surface area contributed by atoms with Gasteiger partial charge in [0.25, 0.3) is 0 Å². The van der Waals surface area contributed by atoms with Crippen LogP contribution < -0.4 is 4.90 Å². The van der Waals surface area contributed by atoms with Crippen LogP contribution in [0.15, 0.2) is 53.6 Å². The largest absolute Gasteiger partial charge is 0.332 e. The zero-order valence-electron chi connectivity index (χ0n) is 17.6. The van der Waals surface area contributed by atoms with Gasteiger partial charge in [-0.15, -0.1) is 23.1 Å². The summed E-state index contributed by atoms with van der Waals surface area (Å²) in [5, 5.41) is 2.67. The van der Waals surface area contributed by atoms with E-state index >= 15 is 0 Å². The molecule has 1 N–H and O–H groups in total. The zero-order chi connectivity index (χ0) is 23.3. The standard InChI is InChI=1S/C25H18Cl2N2O2S3/c26-11-3-1-10(2-4-11)16-17-14-9-15(20(17)33-22-21(16)34-25(32)28-22)19-18(14)23(30)29(24(19)31)13-7-5-12(27)6-8-13/h1-8,14-20H,9H2,(H,28,32). The molecule has 4 aliphatic rings. The van der Waals surface area contributed by atoms with Crippen LogP contribution in [0.5, 0.6) is 0 Å². The molecule has 1 aromatic heterocycles. The van der Waals surface area contributed by atoms with Gasteiger partial charge in [-0.2, -0.15) is 0 Å². The maximum Gasteiger partial charge on any atom is 0.238 e. The van der Waals surface area contributed by atoms with Crippen molar-refractivity contribution < 1.29 is 9.59 Å². The van der Waals surface area contributed by atoms with Crippen LogP contribution in [0.25, 0.3) is 0 Å². The summed E-state index contributed by atoms with van der Waals surface area (Å²) < 4.78 is 0.769. The summed E-state index contributed by atoms with van der Waals surface area (Å²) in [4.78, 5) is 33.4. The number of aromatic amines is 1.